The predicted octanol–water partition coefficient (Wildman–Crippen LogP) is 3.62. The van der Waals surface area contributed by atoms with Gasteiger partial charge in [0.05, 0.1) is 18.4 Å². The Kier molecular flexibility index (Phi) is 4.68. The minimum atomic E-state index is -4.92. The molecule has 0 aliphatic heterocycles. The van der Waals surface area contributed by atoms with E-state index in [1.54, 1.807) is 30.3 Å². The molecular weight excluding hydrogens is 311 g/mol. The number of halogens is 3. The minimum Gasteiger partial charge on any atom is -0.465 e. The number of nitrogens with zero attached hydrogens (tertiary/aromatic N) is 1. The van der Waals surface area contributed by atoms with Crippen LogP contribution in [0, 0.1) is 0 Å². The summed E-state index contributed by atoms with van der Waals surface area (Å²) >= 11 is 0. The van der Waals surface area contributed by atoms with Gasteiger partial charge in [0, 0.05) is 5.56 Å². The van der Waals surface area contributed by atoms with Crippen LogP contribution in [0.5, 0.6) is 0 Å². The fourth-order valence-corrected chi connectivity index (χ4v) is 2.09. The Morgan fingerprint density at radius 1 is 1.13 bits per heavy atom. The van der Waals surface area contributed by atoms with Crippen LogP contribution >= 0.6 is 0 Å². The summed E-state index contributed by atoms with van der Waals surface area (Å²) in [6, 6.07) is 11.9. The highest BCUT2D eigenvalue weighted by Crippen LogP contribution is 2.36. The van der Waals surface area contributed by atoms with Crippen molar-refractivity contribution in [2.75, 3.05) is 12.0 Å². The molecule has 0 aliphatic carbocycles. The molecular formula is C16H12F3NO3. The number of benzene rings is 2. The van der Waals surface area contributed by atoms with Crippen LogP contribution in [0.1, 0.15) is 10.4 Å². The van der Waals surface area contributed by atoms with Crippen molar-refractivity contribution >= 4 is 18.1 Å². The van der Waals surface area contributed by atoms with Crippen LogP contribution in [-0.2, 0) is 9.53 Å². The van der Waals surface area contributed by atoms with Crippen LogP contribution in [0.25, 0.3) is 11.1 Å². The Labute approximate surface area is 130 Å². The smallest absolute Gasteiger partial charge is 0.465 e. The highest BCUT2D eigenvalue weighted by Gasteiger charge is 2.39. The number of methoxy groups -OCH3 is 1. The molecule has 2 rings (SSSR count). The molecule has 0 atom stereocenters. The third kappa shape index (κ3) is 3.50. The summed E-state index contributed by atoms with van der Waals surface area (Å²) in [6.07, 6.45) is -5.25. The van der Waals surface area contributed by atoms with E-state index < -0.39 is 18.0 Å². The van der Waals surface area contributed by atoms with Crippen molar-refractivity contribution in [3.63, 3.8) is 0 Å². The van der Waals surface area contributed by atoms with Gasteiger partial charge >= 0.3 is 12.3 Å². The summed E-state index contributed by atoms with van der Waals surface area (Å²) in [4.78, 5) is 22.2. The van der Waals surface area contributed by atoms with Gasteiger partial charge in [-0.2, -0.15) is 0 Å². The van der Waals surface area contributed by atoms with Crippen molar-refractivity contribution < 1.29 is 27.5 Å². The number of anilines is 1. The van der Waals surface area contributed by atoms with E-state index >= 15 is 0 Å². The normalized spacial score (nSPS) is 11.0. The maximum atomic E-state index is 13.1. The van der Waals surface area contributed by atoms with Gasteiger partial charge in [-0.1, -0.05) is 36.4 Å². The van der Waals surface area contributed by atoms with Crippen LogP contribution in [0.2, 0.25) is 0 Å². The van der Waals surface area contributed by atoms with Crippen LogP contribution in [0.4, 0.5) is 18.9 Å². The summed E-state index contributed by atoms with van der Waals surface area (Å²) in [5.74, 6) is -0.793. The molecule has 0 aliphatic rings. The van der Waals surface area contributed by atoms with Gasteiger partial charge in [0.1, 0.15) is 0 Å². The van der Waals surface area contributed by atoms with Gasteiger partial charge in [0.25, 0.3) is 0 Å². The van der Waals surface area contributed by atoms with Gasteiger partial charge in [0.15, 0.2) is 0 Å². The molecule has 0 N–H and O–H groups in total. The highest BCUT2D eigenvalue weighted by atomic mass is 19.4. The zero-order valence-corrected chi connectivity index (χ0v) is 12.0. The minimum absolute atomic E-state index is 0.0849. The van der Waals surface area contributed by atoms with E-state index in [0.29, 0.717) is 5.56 Å². The third-order valence-corrected chi connectivity index (χ3v) is 3.14. The molecule has 0 radical (unpaired) electrons. The lowest BCUT2D eigenvalue weighted by Gasteiger charge is -2.23. The number of carbonyl (C=O) groups excluding carboxylic acids is 2. The van der Waals surface area contributed by atoms with Crippen molar-refractivity contribution in [2.45, 2.75) is 6.30 Å². The molecule has 4 nitrogen and oxygen atoms in total. The third-order valence-electron chi connectivity index (χ3n) is 3.14. The molecule has 23 heavy (non-hydrogen) atoms. The maximum absolute atomic E-state index is 13.1. The summed E-state index contributed by atoms with van der Waals surface area (Å²) in [6.45, 7) is 0. The number of hydrogen-bond donors (Lipinski definition) is 0. The van der Waals surface area contributed by atoms with Crippen molar-refractivity contribution in [1.29, 1.82) is 0 Å². The van der Waals surface area contributed by atoms with Crippen molar-refractivity contribution in [2.24, 2.45) is 0 Å². The van der Waals surface area contributed by atoms with E-state index in [9.17, 15) is 22.8 Å². The van der Waals surface area contributed by atoms with Gasteiger partial charge in [0.2, 0.25) is 6.41 Å². The molecule has 0 saturated carbocycles. The van der Waals surface area contributed by atoms with E-state index in [-0.39, 0.29) is 22.4 Å². The Morgan fingerprint density at radius 3 is 2.30 bits per heavy atom. The molecule has 7 heteroatoms. The second-order valence-corrected chi connectivity index (χ2v) is 4.53. The zero-order valence-electron chi connectivity index (χ0n) is 12.0. The average molecular weight is 323 g/mol. The number of rotatable bonds is 4. The first-order valence-electron chi connectivity index (χ1n) is 6.47. The predicted molar refractivity (Wildman–Crippen MR) is 77.8 cm³/mol. The quantitative estimate of drug-likeness (QED) is 0.490. The Morgan fingerprint density at radius 2 is 1.78 bits per heavy atom. The first kappa shape index (κ1) is 16.5. The summed E-state index contributed by atoms with van der Waals surface area (Å²) in [5, 5.41) is 0. The van der Waals surface area contributed by atoms with E-state index in [4.69, 9.17) is 0 Å². The lowest BCUT2D eigenvalue weighted by Crippen LogP contribution is -2.37. The van der Waals surface area contributed by atoms with Gasteiger partial charge in [-0.25, -0.2) is 9.69 Å². The number of ether oxygens (including phenoxy) is 1. The number of alkyl halides is 3. The van der Waals surface area contributed by atoms with E-state index in [1.165, 1.54) is 12.1 Å². The fraction of sp³-hybridized carbons (Fsp3) is 0.125. The average Bonchev–Trinajstić information content (AvgIpc) is 2.54. The summed E-state index contributed by atoms with van der Waals surface area (Å²) in [5.41, 5.74) is 0.123. The zero-order chi connectivity index (χ0) is 17.0. The standard InChI is InChI=1S/C16H12F3NO3/c1-23-15(22)12-7-8-13(11-5-3-2-4-6-11)14(9-12)20(10-21)16(17,18)19/h2-10H,1H3. The van der Waals surface area contributed by atoms with E-state index in [2.05, 4.69) is 4.74 Å². The molecule has 0 bridgehead atoms. The molecule has 0 unspecified atom stereocenters. The van der Waals surface area contributed by atoms with Crippen LogP contribution in [0.15, 0.2) is 48.5 Å². The second kappa shape index (κ2) is 6.51. The number of amides is 1. The molecule has 2 aromatic rings. The molecule has 0 saturated heterocycles. The monoisotopic (exact) mass is 323 g/mol. The molecule has 2 aromatic carbocycles. The van der Waals surface area contributed by atoms with Crippen LogP contribution < -0.4 is 4.90 Å². The van der Waals surface area contributed by atoms with Crippen LogP contribution in [0.3, 0.4) is 0 Å². The van der Waals surface area contributed by atoms with Crippen molar-refractivity contribution in [1.82, 2.24) is 0 Å². The molecule has 0 aromatic heterocycles. The molecule has 0 fully saturated rings. The van der Waals surface area contributed by atoms with Gasteiger partial charge in [-0.15, -0.1) is 13.2 Å². The maximum Gasteiger partial charge on any atom is 0.491 e. The molecule has 0 heterocycles. The fourth-order valence-electron chi connectivity index (χ4n) is 2.09. The van der Waals surface area contributed by atoms with E-state index in [0.717, 1.165) is 13.2 Å². The first-order valence-corrected chi connectivity index (χ1v) is 6.47. The Hall–Kier alpha value is -2.83. The Balaban J connectivity index is 2.67. The number of hydrogen-bond acceptors (Lipinski definition) is 3. The highest BCUT2D eigenvalue weighted by molar-refractivity contribution is 5.95. The Bertz CT molecular complexity index is 714. The van der Waals surface area contributed by atoms with Crippen LogP contribution in [-0.4, -0.2) is 25.8 Å². The molecule has 1 amide bonds. The summed E-state index contributed by atoms with van der Waals surface area (Å²) in [7, 11) is 1.12. The SMILES string of the molecule is COC(=O)c1ccc(-c2ccccc2)c(N(C=O)C(F)(F)F)c1. The summed E-state index contributed by atoms with van der Waals surface area (Å²) < 4.78 is 43.8. The van der Waals surface area contributed by atoms with Crippen molar-refractivity contribution in [3.05, 3.63) is 54.1 Å². The lowest BCUT2D eigenvalue weighted by molar-refractivity contribution is -0.141. The number of carbonyl (C=O) groups is 2. The van der Waals surface area contributed by atoms with Gasteiger partial charge in [-0.3, -0.25) is 4.79 Å². The first-order chi connectivity index (χ1) is 10.9. The lowest BCUT2D eigenvalue weighted by atomic mass is 10.0. The van der Waals surface area contributed by atoms with Crippen molar-refractivity contribution in [3.8, 4) is 11.1 Å². The molecule has 120 valence electrons. The molecule has 0 spiro atoms. The largest absolute Gasteiger partial charge is 0.491 e. The van der Waals surface area contributed by atoms with Gasteiger partial charge < -0.3 is 4.74 Å². The topological polar surface area (TPSA) is 46.6 Å². The number of esters is 1. The van der Waals surface area contributed by atoms with E-state index in [1.807, 2.05) is 0 Å². The second-order valence-electron chi connectivity index (χ2n) is 4.53. The van der Waals surface area contributed by atoms with Gasteiger partial charge in [-0.05, 0) is 17.7 Å².